The highest BCUT2D eigenvalue weighted by Gasteiger charge is 2.23. The molecule has 7 nitrogen and oxygen atoms in total. The summed E-state index contributed by atoms with van der Waals surface area (Å²) in [7, 11) is 2.92. The molecule has 1 atom stereocenters. The molecule has 0 bridgehead atoms. The fraction of sp³-hybridized carbons (Fsp3) is 0.273. The van der Waals surface area contributed by atoms with Crippen LogP contribution in [-0.4, -0.2) is 40.0 Å². The summed E-state index contributed by atoms with van der Waals surface area (Å²) >= 11 is 5.18. The lowest BCUT2D eigenvalue weighted by molar-refractivity contribution is -0.145. The number of carbonyl (C=O) groups excluding carboxylic acids is 2. The molecule has 156 valence electrons. The van der Waals surface area contributed by atoms with Gasteiger partial charge in [0.15, 0.2) is 4.77 Å². The Bertz CT molecular complexity index is 1200. The molecule has 1 heterocycles. The Balaban J connectivity index is 1.98. The van der Waals surface area contributed by atoms with Gasteiger partial charge >= 0.3 is 5.97 Å². The maximum absolute atomic E-state index is 13.3. The topological polar surface area (TPSA) is 84.4 Å². The highest BCUT2D eigenvalue weighted by Crippen LogP contribution is 2.16. The van der Waals surface area contributed by atoms with E-state index in [1.807, 2.05) is 30.3 Å². The van der Waals surface area contributed by atoms with E-state index in [2.05, 4.69) is 4.98 Å². The Labute approximate surface area is 178 Å². The van der Waals surface area contributed by atoms with Crippen LogP contribution < -0.4 is 5.56 Å². The van der Waals surface area contributed by atoms with E-state index in [-0.39, 0.29) is 28.8 Å². The molecule has 0 radical (unpaired) electrons. The number of aromatic nitrogens is 2. The monoisotopic (exact) mass is 425 g/mol. The standard InChI is InChI=1S/C22H23N3O4S/c1-14(21(28)29-3)12-25(13-15-7-5-4-6-8-15)19(26)16-9-10-17-18(11-16)23-22(30)24(2)20(17)27/h4-11,14H,12-13H2,1-3H3,(H,23,30). The number of nitrogens with one attached hydrogen (secondary N) is 1. The predicted octanol–water partition coefficient (Wildman–Crippen LogP) is 3.05. The molecule has 3 rings (SSSR count). The number of fused-ring (bicyclic) bond motifs is 1. The highest BCUT2D eigenvalue weighted by atomic mass is 32.1. The van der Waals surface area contributed by atoms with Crippen molar-refractivity contribution >= 4 is 35.0 Å². The first-order valence-electron chi connectivity index (χ1n) is 9.46. The number of hydrogen-bond donors (Lipinski definition) is 1. The van der Waals surface area contributed by atoms with Gasteiger partial charge in [0, 0.05) is 25.7 Å². The number of H-pyrrole nitrogens is 1. The molecule has 0 saturated carbocycles. The van der Waals surface area contributed by atoms with E-state index >= 15 is 0 Å². The third-order valence-corrected chi connectivity index (χ3v) is 5.32. The Morgan fingerprint density at radius 3 is 2.57 bits per heavy atom. The van der Waals surface area contributed by atoms with Crippen molar-refractivity contribution in [2.45, 2.75) is 13.5 Å². The van der Waals surface area contributed by atoms with Gasteiger partial charge in [-0.25, -0.2) is 0 Å². The molecule has 2 aromatic carbocycles. The van der Waals surface area contributed by atoms with Crippen molar-refractivity contribution < 1.29 is 14.3 Å². The van der Waals surface area contributed by atoms with Gasteiger partial charge in [0.2, 0.25) is 0 Å². The highest BCUT2D eigenvalue weighted by molar-refractivity contribution is 7.71. The van der Waals surface area contributed by atoms with Crippen molar-refractivity contribution in [3.05, 3.63) is 74.8 Å². The molecule has 1 unspecified atom stereocenters. The van der Waals surface area contributed by atoms with Crippen LogP contribution in [0.4, 0.5) is 0 Å². The molecular weight excluding hydrogens is 402 g/mol. The Morgan fingerprint density at radius 2 is 1.90 bits per heavy atom. The first kappa shape index (κ1) is 21.4. The lowest BCUT2D eigenvalue weighted by Crippen LogP contribution is -2.37. The molecule has 0 aliphatic heterocycles. The number of esters is 1. The molecule has 1 N–H and O–H groups in total. The maximum atomic E-state index is 13.3. The van der Waals surface area contributed by atoms with E-state index in [0.29, 0.717) is 23.0 Å². The first-order valence-corrected chi connectivity index (χ1v) is 9.86. The lowest BCUT2D eigenvalue weighted by atomic mass is 10.1. The maximum Gasteiger partial charge on any atom is 0.310 e. The van der Waals surface area contributed by atoms with Gasteiger partial charge in [-0.05, 0) is 36.0 Å². The molecule has 1 aromatic heterocycles. The molecule has 30 heavy (non-hydrogen) atoms. The summed E-state index contributed by atoms with van der Waals surface area (Å²) in [5, 5.41) is 0.445. The smallest absolute Gasteiger partial charge is 0.310 e. The number of aromatic amines is 1. The molecule has 3 aromatic rings. The summed E-state index contributed by atoms with van der Waals surface area (Å²) in [6.07, 6.45) is 0. The van der Waals surface area contributed by atoms with E-state index in [1.165, 1.54) is 11.7 Å². The number of benzene rings is 2. The van der Waals surface area contributed by atoms with Gasteiger partial charge in [0.25, 0.3) is 11.5 Å². The summed E-state index contributed by atoms with van der Waals surface area (Å²) in [6, 6.07) is 14.4. The van der Waals surface area contributed by atoms with Gasteiger partial charge in [-0.2, -0.15) is 0 Å². The molecule has 0 aliphatic rings. The second kappa shape index (κ2) is 9.04. The van der Waals surface area contributed by atoms with Crippen LogP contribution in [0.5, 0.6) is 0 Å². The predicted molar refractivity (Wildman–Crippen MR) is 117 cm³/mol. The second-order valence-corrected chi connectivity index (χ2v) is 7.54. The normalized spacial score (nSPS) is 11.8. The Hall–Kier alpha value is -3.26. The van der Waals surface area contributed by atoms with Crippen LogP contribution in [0.15, 0.2) is 53.3 Å². The van der Waals surface area contributed by atoms with Crippen LogP contribution >= 0.6 is 12.2 Å². The summed E-state index contributed by atoms with van der Waals surface area (Å²) < 4.78 is 6.43. The molecule has 0 aliphatic carbocycles. The van der Waals surface area contributed by atoms with Crippen LogP contribution in [0.25, 0.3) is 10.9 Å². The minimum absolute atomic E-state index is 0.199. The summed E-state index contributed by atoms with van der Waals surface area (Å²) in [5.74, 6) is -1.12. The van der Waals surface area contributed by atoms with Crippen molar-refractivity contribution in [1.29, 1.82) is 0 Å². The average molecular weight is 426 g/mol. The number of hydrogen-bond acceptors (Lipinski definition) is 5. The molecule has 0 saturated heterocycles. The van der Waals surface area contributed by atoms with Gasteiger partial charge in [-0.3, -0.25) is 19.0 Å². The zero-order chi connectivity index (χ0) is 21.8. The molecular formula is C22H23N3O4S. The van der Waals surface area contributed by atoms with Crippen LogP contribution in [0, 0.1) is 10.7 Å². The van der Waals surface area contributed by atoms with E-state index in [9.17, 15) is 14.4 Å². The quantitative estimate of drug-likeness (QED) is 0.485. The Kier molecular flexibility index (Phi) is 6.47. The molecule has 1 amide bonds. The number of ether oxygens (including phenoxy) is 1. The van der Waals surface area contributed by atoms with E-state index in [4.69, 9.17) is 17.0 Å². The molecule has 0 spiro atoms. The Morgan fingerprint density at radius 1 is 1.20 bits per heavy atom. The zero-order valence-corrected chi connectivity index (χ0v) is 17.9. The van der Waals surface area contributed by atoms with Crippen molar-refractivity contribution in [3.8, 4) is 0 Å². The third kappa shape index (κ3) is 4.49. The van der Waals surface area contributed by atoms with Gasteiger partial charge in [-0.15, -0.1) is 0 Å². The van der Waals surface area contributed by atoms with Gasteiger partial charge < -0.3 is 14.6 Å². The fourth-order valence-electron chi connectivity index (χ4n) is 3.25. The van der Waals surface area contributed by atoms with Gasteiger partial charge in [0.05, 0.1) is 23.9 Å². The van der Waals surface area contributed by atoms with Gasteiger partial charge in [0.1, 0.15) is 0 Å². The van der Waals surface area contributed by atoms with Gasteiger partial charge in [-0.1, -0.05) is 37.3 Å². The van der Waals surface area contributed by atoms with Crippen molar-refractivity contribution in [3.63, 3.8) is 0 Å². The number of nitrogens with zero attached hydrogens (tertiary/aromatic N) is 2. The zero-order valence-electron chi connectivity index (χ0n) is 17.0. The molecule has 0 fully saturated rings. The summed E-state index contributed by atoms with van der Waals surface area (Å²) in [5.41, 5.74) is 1.61. The number of rotatable bonds is 6. The van der Waals surface area contributed by atoms with E-state index < -0.39 is 5.92 Å². The number of amides is 1. The minimum atomic E-state index is -0.485. The van der Waals surface area contributed by atoms with Crippen LogP contribution in [-0.2, 0) is 23.1 Å². The van der Waals surface area contributed by atoms with Crippen molar-refractivity contribution in [1.82, 2.24) is 14.5 Å². The fourth-order valence-corrected chi connectivity index (χ4v) is 3.44. The summed E-state index contributed by atoms with van der Waals surface area (Å²) in [6.45, 7) is 2.26. The van der Waals surface area contributed by atoms with Crippen LogP contribution in [0.3, 0.4) is 0 Å². The third-order valence-electron chi connectivity index (χ3n) is 4.95. The second-order valence-electron chi connectivity index (χ2n) is 7.15. The minimum Gasteiger partial charge on any atom is -0.469 e. The number of carbonyl (C=O) groups is 2. The first-order chi connectivity index (χ1) is 14.3. The molecule has 8 heteroatoms. The van der Waals surface area contributed by atoms with Crippen molar-refractivity contribution in [2.24, 2.45) is 13.0 Å². The van der Waals surface area contributed by atoms with E-state index in [0.717, 1.165) is 5.56 Å². The SMILES string of the molecule is COC(=O)C(C)CN(Cc1ccccc1)C(=O)c1ccc2c(=O)n(C)c(=S)[nH]c2c1. The summed E-state index contributed by atoms with van der Waals surface area (Å²) in [4.78, 5) is 42.2. The largest absolute Gasteiger partial charge is 0.469 e. The van der Waals surface area contributed by atoms with Crippen LogP contribution in [0.2, 0.25) is 0 Å². The lowest BCUT2D eigenvalue weighted by Gasteiger charge is -2.25. The van der Waals surface area contributed by atoms with Crippen LogP contribution in [0.1, 0.15) is 22.8 Å². The van der Waals surface area contributed by atoms with E-state index in [1.54, 1.807) is 37.1 Å². The average Bonchev–Trinajstić information content (AvgIpc) is 2.76. The van der Waals surface area contributed by atoms with Crippen molar-refractivity contribution in [2.75, 3.05) is 13.7 Å². The number of methoxy groups -OCH3 is 1.